The number of pyridine rings is 1. The van der Waals surface area contributed by atoms with E-state index in [-0.39, 0.29) is 5.75 Å². The molecule has 0 saturated heterocycles. The quantitative estimate of drug-likeness (QED) is 0.913. The lowest BCUT2D eigenvalue weighted by Crippen LogP contribution is -2.16. The van der Waals surface area contributed by atoms with Crippen molar-refractivity contribution in [3.05, 3.63) is 59.4 Å². The van der Waals surface area contributed by atoms with Gasteiger partial charge in [-0.25, -0.2) is 0 Å². The number of ether oxygens (including phenoxy) is 1. The molecule has 2 aromatic rings. The number of nitrogens with zero attached hydrogens (tertiary/aromatic N) is 1. The molecule has 1 aromatic heterocycles. The van der Waals surface area contributed by atoms with Gasteiger partial charge in [0.05, 0.1) is 0 Å². The van der Waals surface area contributed by atoms with Crippen LogP contribution in [0, 0.1) is 6.92 Å². The van der Waals surface area contributed by atoms with Crippen molar-refractivity contribution in [2.45, 2.75) is 26.0 Å². The second-order valence-electron chi connectivity index (χ2n) is 4.55. The van der Waals surface area contributed by atoms with Gasteiger partial charge in [0.15, 0.2) is 0 Å². The Morgan fingerprint density at radius 3 is 2.60 bits per heavy atom. The number of rotatable bonds is 5. The molecule has 0 aliphatic heterocycles. The lowest BCUT2D eigenvalue weighted by Gasteiger charge is -2.16. The van der Waals surface area contributed by atoms with Gasteiger partial charge in [0, 0.05) is 29.9 Å². The predicted molar refractivity (Wildman–Crippen MR) is 72.7 cm³/mol. The zero-order valence-electron chi connectivity index (χ0n) is 11.1. The molecule has 2 rings (SSSR count). The Morgan fingerprint density at radius 1 is 1.20 bits per heavy atom. The Morgan fingerprint density at radius 2 is 1.95 bits per heavy atom. The second-order valence-corrected chi connectivity index (χ2v) is 4.55. The summed E-state index contributed by atoms with van der Waals surface area (Å²) in [7, 11) is 0. The minimum absolute atomic E-state index is 0.113. The van der Waals surface area contributed by atoms with Crippen LogP contribution in [0.2, 0.25) is 0 Å². The minimum atomic E-state index is -2.86. The minimum Gasteiger partial charge on any atom is -0.434 e. The Hall–Kier alpha value is -2.01. The summed E-state index contributed by atoms with van der Waals surface area (Å²) in [6.45, 7) is -0.913. The molecular formula is C15H16F2N2O. The van der Waals surface area contributed by atoms with Crippen molar-refractivity contribution < 1.29 is 13.5 Å². The van der Waals surface area contributed by atoms with Gasteiger partial charge in [-0.2, -0.15) is 8.78 Å². The second kappa shape index (κ2) is 6.43. The number of hydrogen-bond donors (Lipinski definition) is 1. The normalized spacial score (nSPS) is 12.4. The van der Waals surface area contributed by atoms with E-state index in [0.717, 1.165) is 11.3 Å². The molecule has 2 N–H and O–H groups in total. The summed E-state index contributed by atoms with van der Waals surface area (Å²) in [6, 6.07) is 9.94. The van der Waals surface area contributed by atoms with Crippen LogP contribution in [0.3, 0.4) is 0 Å². The van der Waals surface area contributed by atoms with E-state index in [1.165, 1.54) is 6.07 Å². The van der Waals surface area contributed by atoms with Crippen LogP contribution < -0.4 is 10.5 Å². The number of benzene rings is 1. The number of alkyl halides is 2. The van der Waals surface area contributed by atoms with Crippen molar-refractivity contribution in [1.82, 2.24) is 4.98 Å². The molecule has 5 heteroatoms. The van der Waals surface area contributed by atoms with Gasteiger partial charge < -0.3 is 10.5 Å². The molecule has 0 bridgehead atoms. The molecule has 0 aliphatic carbocycles. The summed E-state index contributed by atoms with van der Waals surface area (Å²) < 4.78 is 29.2. The summed E-state index contributed by atoms with van der Waals surface area (Å²) in [6.07, 6.45) is 2.22. The van der Waals surface area contributed by atoms with Crippen LogP contribution in [0.15, 0.2) is 42.6 Å². The smallest absolute Gasteiger partial charge is 0.387 e. The molecule has 0 saturated carbocycles. The Balaban J connectivity index is 2.16. The lowest BCUT2D eigenvalue weighted by molar-refractivity contribution is -0.0506. The van der Waals surface area contributed by atoms with Crippen molar-refractivity contribution in [2.75, 3.05) is 0 Å². The highest BCUT2D eigenvalue weighted by Gasteiger charge is 2.15. The van der Waals surface area contributed by atoms with Crippen molar-refractivity contribution in [2.24, 2.45) is 5.73 Å². The average Bonchev–Trinajstić information content (AvgIpc) is 2.41. The van der Waals surface area contributed by atoms with Gasteiger partial charge in [0.2, 0.25) is 0 Å². The number of halogens is 2. The molecular weight excluding hydrogens is 262 g/mol. The fourth-order valence-electron chi connectivity index (χ4n) is 1.94. The first-order valence-corrected chi connectivity index (χ1v) is 6.27. The van der Waals surface area contributed by atoms with Gasteiger partial charge in [0.25, 0.3) is 0 Å². The van der Waals surface area contributed by atoms with E-state index in [9.17, 15) is 8.78 Å². The van der Waals surface area contributed by atoms with E-state index in [4.69, 9.17) is 5.73 Å². The largest absolute Gasteiger partial charge is 0.434 e. The molecule has 1 unspecified atom stereocenters. The van der Waals surface area contributed by atoms with Gasteiger partial charge in [0.1, 0.15) is 5.75 Å². The van der Waals surface area contributed by atoms with Crippen molar-refractivity contribution in [1.29, 1.82) is 0 Å². The summed E-state index contributed by atoms with van der Waals surface area (Å²) in [4.78, 5) is 4.27. The van der Waals surface area contributed by atoms with Gasteiger partial charge >= 0.3 is 6.61 Å². The Bertz CT molecular complexity index is 558. The fourth-order valence-corrected chi connectivity index (χ4v) is 1.94. The molecule has 106 valence electrons. The summed E-state index contributed by atoms with van der Waals surface area (Å²) >= 11 is 0. The zero-order chi connectivity index (χ0) is 14.5. The fraction of sp³-hybridized carbons (Fsp3) is 0.267. The van der Waals surface area contributed by atoms with Crippen LogP contribution in [-0.2, 0) is 6.42 Å². The maximum atomic E-state index is 12.4. The third-order valence-corrected chi connectivity index (χ3v) is 2.94. The van der Waals surface area contributed by atoms with Crippen molar-refractivity contribution in [3.8, 4) is 5.75 Å². The lowest BCUT2D eigenvalue weighted by atomic mass is 10.0. The Labute approximate surface area is 116 Å². The number of hydrogen-bond acceptors (Lipinski definition) is 3. The van der Waals surface area contributed by atoms with E-state index in [2.05, 4.69) is 9.72 Å². The molecule has 0 spiro atoms. The molecule has 1 heterocycles. The third-order valence-electron chi connectivity index (χ3n) is 2.94. The topological polar surface area (TPSA) is 48.1 Å². The molecule has 20 heavy (non-hydrogen) atoms. The average molecular weight is 278 g/mol. The SMILES string of the molecule is Cc1ccc(CC(N)c2ccccc2OC(F)F)nc1. The highest BCUT2D eigenvalue weighted by molar-refractivity contribution is 5.36. The molecule has 0 fully saturated rings. The monoisotopic (exact) mass is 278 g/mol. The van der Waals surface area contributed by atoms with Crippen molar-refractivity contribution >= 4 is 0 Å². The number of para-hydroxylation sites is 1. The van der Waals surface area contributed by atoms with E-state index < -0.39 is 12.7 Å². The van der Waals surface area contributed by atoms with Crippen LogP contribution in [0.25, 0.3) is 0 Å². The van der Waals surface area contributed by atoms with Gasteiger partial charge in [-0.15, -0.1) is 0 Å². The van der Waals surface area contributed by atoms with Gasteiger partial charge in [-0.3, -0.25) is 4.98 Å². The van der Waals surface area contributed by atoms with Crippen LogP contribution in [-0.4, -0.2) is 11.6 Å². The van der Waals surface area contributed by atoms with Crippen LogP contribution in [0.4, 0.5) is 8.78 Å². The van der Waals surface area contributed by atoms with Gasteiger partial charge in [-0.05, 0) is 24.6 Å². The zero-order valence-corrected chi connectivity index (χ0v) is 11.1. The highest BCUT2D eigenvalue weighted by Crippen LogP contribution is 2.27. The van der Waals surface area contributed by atoms with E-state index in [0.29, 0.717) is 12.0 Å². The summed E-state index contributed by atoms with van der Waals surface area (Å²) in [5, 5.41) is 0. The van der Waals surface area contributed by atoms with Crippen LogP contribution >= 0.6 is 0 Å². The first-order valence-electron chi connectivity index (χ1n) is 6.27. The highest BCUT2D eigenvalue weighted by atomic mass is 19.3. The van der Waals surface area contributed by atoms with E-state index >= 15 is 0 Å². The van der Waals surface area contributed by atoms with Crippen LogP contribution in [0.5, 0.6) is 5.75 Å². The number of nitrogens with two attached hydrogens (primary N) is 1. The predicted octanol–water partition coefficient (Wildman–Crippen LogP) is 3.23. The molecule has 0 aliphatic rings. The molecule has 1 aromatic carbocycles. The first kappa shape index (κ1) is 14.4. The Kier molecular flexibility index (Phi) is 4.63. The standard InChI is InChI=1S/C15H16F2N2O/c1-10-6-7-11(19-9-10)8-13(18)12-4-2-3-5-14(12)20-15(16)17/h2-7,9,13,15H,8,18H2,1H3. The number of aromatic nitrogens is 1. The first-order chi connectivity index (χ1) is 9.56. The van der Waals surface area contributed by atoms with Crippen LogP contribution in [0.1, 0.15) is 22.9 Å². The van der Waals surface area contributed by atoms with E-state index in [1.54, 1.807) is 24.4 Å². The summed E-state index contributed by atoms with van der Waals surface area (Å²) in [5.74, 6) is 0.113. The van der Waals surface area contributed by atoms with Gasteiger partial charge in [-0.1, -0.05) is 24.3 Å². The molecule has 0 radical (unpaired) electrons. The van der Waals surface area contributed by atoms with E-state index in [1.807, 2.05) is 19.1 Å². The number of aryl methyl sites for hydroxylation is 1. The maximum absolute atomic E-state index is 12.4. The molecule has 0 amide bonds. The third kappa shape index (κ3) is 3.74. The molecule has 3 nitrogen and oxygen atoms in total. The molecule has 1 atom stereocenters. The van der Waals surface area contributed by atoms with Crippen molar-refractivity contribution in [3.63, 3.8) is 0 Å². The summed E-state index contributed by atoms with van der Waals surface area (Å²) in [5.41, 5.74) is 8.50. The maximum Gasteiger partial charge on any atom is 0.387 e.